The molecule has 0 bridgehead atoms. The molecule has 2 nitrogen and oxygen atoms in total. The van der Waals surface area contributed by atoms with Gasteiger partial charge < -0.3 is 4.90 Å². The lowest BCUT2D eigenvalue weighted by atomic mass is 10.0. The molecule has 0 aliphatic heterocycles. The summed E-state index contributed by atoms with van der Waals surface area (Å²) in [6.07, 6.45) is 0.440. The number of carbonyl (C=O) groups is 1. The van der Waals surface area contributed by atoms with Crippen molar-refractivity contribution in [2.75, 3.05) is 0 Å². The molecule has 0 radical (unpaired) electrons. The van der Waals surface area contributed by atoms with Crippen LogP contribution in [0.2, 0.25) is 0 Å². The average molecular weight is 317 g/mol. The van der Waals surface area contributed by atoms with Gasteiger partial charge in [-0.3, -0.25) is 4.79 Å². The molecule has 0 N–H and O–H groups in total. The van der Waals surface area contributed by atoms with Crippen LogP contribution in [0.4, 0.5) is 0 Å². The zero-order chi connectivity index (χ0) is 16.9. The van der Waals surface area contributed by atoms with Gasteiger partial charge in [0, 0.05) is 12.6 Å². The minimum absolute atomic E-state index is 0.170. The van der Waals surface area contributed by atoms with Gasteiger partial charge in [-0.2, -0.15) is 0 Å². The van der Waals surface area contributed by atoms with E-state index in [2.05, 4.69) is 56.3 Å². The maximum absolute atomic E-state index is 12.8. The van der Waals surface area contributed by atoms with Gasteiger partial charge in [-0.15, -0.1) is 0 Å². The van der Waals surface area contributed by atoms with E-state index in [4.69, 9.17) is 0 Å². The largest absolute Gasteiger partial charge is 0.336 e. The second-order valence-corrected chi connectivity index (χ2v) is 6.46. The summed E-state index contributed by atoms with van der Waals surface area (Å²) in [5.74, 6) is 0.170. The second-order valence-electron chi connectivity index (χ2n) is 6.46. The zero-order valence-corrected chi connectivity index (χ0v) is 14.3. The number of hydrogen-bond donors (Lipinski definition) is 0. The van der Waals surface area contributed by atoms with E-state index < -0.39 is 0 Å². The van der Waals surface area contributed by atoms with Crippen molar-refractivity contribution in [3.63, 3.8) is 0 Å². The minimum Gasteiger partial charge on any atom is -0.336 e. The first-order chi connectivity index (χ1) is 11.6. The highest BCUT2D eigenvalue weighted by atomic mass is 16.2. The Bertz CT molecular complexity index is 824. The first-order valence-electron chi connectivity index (χ1n) is 8.44. The first-order valence-corrected chi connectivity index (χ1v) is 8.44. The zero-order valence-electron chi connectivity index (χ0n) is 14.3. The lowest BCUT2D eigenvalue weighted by Crippen LogP contribution is -2.37. The normalized spacial score (nSPS) is 11.0. The standard InChI is InChI=1S/C22H23NO/c1-17(2)23(16-18-8-4-3-5-9-18)22(24)15-19-12-13-20-10-6-7-11-21(20)14-19/h3-14,17H,15-16H2,1-2H3. The molecule has 0 saturated carbocycles. The fraction of sp³-hybridized carbons (Fsp3) is 0.227. The molecule has 0 heterocycles. The molecule has 3 aromatic rings. The highest BCUT2D eigenvalue weighted by Crippen LogP contribution is 2.17. The van der Waals surface area contributed by atoms with E-state index in [-0.39, 0.29) is 11.9 Å². The topological polar surface area (TPSA) is 20.3 Å². The Kier molecular flexibility index (Phi) is 4.95. The van der Waals surface area contributed by atoms with Crippen LogP contribution < -0.4 is 0 Å². The van der Waals surface area contributed by atoms with Crippen molar-refractivity contribution >= 4 is 16.7 Å². The van der Waals surface area contributed by atoms with Crippen molar-refractivity contribution in [2.45, 2.75) is 32.9 Å². The Labute approximate surface area is 143 Å². The Morgan fingerprint density at radius 2 is 1.50 bits per heavy atom. The van der Waals surface area contributed by atoms with Crippen LogP contribution in [0.1, 0.15) is 25.0 Å². The first kappa shape index (κ1) is 16.3. The summed E-state index contributed by atoms with van der Waals surface area (Å²) in [6, 6.07) is 24.9. The monoisotopic (exact) mass is 317 g/mol. The maximum Gasteiger partial charge on any atom is 0.227 e. The van der Waals surface area contributed by atoms with Gasteiger partial charge in [-0.1, -0.05) is 72.8 Å². The fourth-order valence-corrected chi connectivity index (χ4v) is 2.96. The van der Waals surface area contributed by atoms with E-state index in [1.165, 1.54) is 10.8 Å². The number of fused-ring (bicyclic) bond motifs is 1. The van der Waals surface area contributed by atoms with Crippen LogP contribution in [0.25, 0.3) is 10.8 Å². The summed E-state index contributed by atoms with van der Waals surface area (Å²) >= 11 is 0. The van der Waals surface area contributed by atoms with Crippen molar-refractivity contribution < 1.29 is 4.79 Å². The maximum atomic E-state index is 12.8. The molecule has 122 valence electrons. The summed E-state index contributed by atoms with van der Waals surface area (Å²) in [7, 11) is 0. The van der Waals surface area contributed by atoms with E-state index in [1.54, 1.807) is 0 Å². The Balaban J connectivity index is 1.77. The summed E-state index contributed by atoms with van der Waals surface area (Å²) in [5, 5.41) is 2.39. The lowest BCUT2D eigenvalue weighted by Gasteiger charge is -2.27. The summed E-state index contributed by atoms with van der Waals surface area (Å²) in [6.45, 7) is 4.80. The van der Waals surface area contributed by atoms with Gasteiger partial charge in [-0.25, -0.2) is 0 Å². The molecule has 0 aliphatic rings. The van der Waals surface area contributed by atoms with E-state index in [1.807, 2.05) is 35.2 Å². The molecule has 3 rings (SSSR count). The van der Waals surface area contributed by atoms with Crippen molar-refractivity contribution in [3.8, 4) is 0 Å². The molecule has 3 aromatic carbocycles. The molecule has 0 saturated heterocycles. The summed E-state index contributed by atoms with van der Waals surface area (Å²) in [4.78, 5) is 14.8. The van der Waals surface area contributed by atoms with Crippen LogP contribution in [0.5, 0.6) is 0 Å². The average Bonchev–Trinajstić information content (AvgIpc) is 2.60. The van der Waals surface area contributed by atoms with E-state index in [0.717, 1.165) is 11.1 Å². The van der Waals surface area contributed by atoms with Gasteiger partial charge in [-0.05, 0) is 35.7 Å². The molecule has 0 fully saturated rings. The molecule has 0 aliphatic carbocycles. The van der Waals surface area contributed by atoms with Crippen molar-refractivity contribution in [3.05, 3.63) is 83.9 Å². The Hall–Kier alpha value is -2.61. The Morgan fingerprint density at radius 3 is 2.21 bits per heavy atom. The third kappa shape index (κ3) is 3.83. The van der Waals surface area contributed by atoms with Crippen LogP contribution in [0.15, 0.2) is 72.8 Å². The van der Waals surface area contributed by atoms with Gasteiger partial charge in [0.1, 0.15) is 0 Å². The number of benzene rings is 3. The molecular formula is C22H23NO. The van der Waals surface area contributed by atoms with Gasteiger partial charge in [0.15, 0.2) is 0 Å². The van der Waals surface area contributed by atoms with E-state index in [9.17, 15) is 4.79 Å². The van der Waals surface area contributed by atoms with Crippen molar-refractivity contribution in [1.82, 2.24) is 4.90 Å². The quantitative estimate of drug-likeness (QED) is 0.660. The SMILES string of the molecule is CC(C)N(Cc1ccccc1)C(=O)Cc1ccc2ccccc2c1. The van der Waals surface area contributed by atoms with Crippen LogP contribution in [0.3, 0.4) is 0 Å². The number of carbonyl (C=O) groups excluding carboxylic acids is 1. The number of amides is 1. The second kappa shape index (κ2) is 7.31. The number of nitrogens with zero attached hydrogens (tertiary/aromatic N) is 1. The minimum atomic E-state index is 0.170. The third-order valence-corrected chi connectivity index (χ3v) is 4.31. The van der Waals surface area contributed by atoms with Crippen LogP contribution >= 0.6 is 0 Å². The summed E-state index contributed by atoms with van der Waals surface area (Å²) in [5.41, 5.74) is 2.23. The van der Waals surface area contributed by atoms with E-state index in [0.29, 0.717) is 13.0 Å². The van der Waals surface area contributed by atoms with Gasteiger partial charge in [0.25, 0.3) is 0 Å². The van der Waals surface area contributed by atoms with E-state index >= 15 is 0 Å². The smallest absolute Gasteiger partial charge is 0.227 e. The molecular weight excluding hydrogens is 294 g/mol. The number of rotatable bonds is 5. The molecule has 0 unspecified atom stereocenters. The van der Waals surface area contributed by atoms with Gasteiger partial charge >= 0.3 is 0 Å². The number of hydrogen-bond acceptors (Lipinski definition) is 1. The van der Waals surface area contributed by atoms with Crippen LogP contribution in [-0.4, -0.2) is 16.8 Å². The molecule has 2 heteroatoms. The highest BCUT2D eigenvalue weighted by Gasteiger charge is 2.17. The fourth-order valence-electron chi connectivity index (χ4n) is 2.96. The van der Waals surface area contributed by atoms with Crippen molar-refractivity contribution in [2.24, 2.45) is 0 Å². The van der Waals surface area contributed by atoms with Gasteiger partial charge in [0.2, 0.25) is 5.91 Å². The summed E-state index contributed by atoms with van der Waals surface area (Å²) < 4.78 is 0. The molecule has 0 aromatic heterocycles. The predicted octanol–water partition coefficient (Wildman–Crippen LogP) is 4.82. The van der Waals surface area contributed by atoms with Crippen molar-refractivity contribution in [1.29, 1.82) is 0 Å². The van der Waals surface area contributed by atoms with Crippen LogP contribution in [-0.2, 0) is 17.8 Å². The Morgan fingerprint density at radius 1 is 0.833 bits per heavy atom. The molecule has 1 amide bonds. The third-order valence-electron chi connectivity index (χ3n) is 4.31. The molecule has 0 atom stereocenters. The van der Waals surface area contributed by atoms with Gasteiger partial charge in [0.05, 0.1) is 6.42 Å². The predicted molar refractivity (Wildman–Crippen MR) is 99.8 cm³/mol. The molecule has 0 spiro atoms. The highest BCUT2D eigenvalue weighted by molar-refractivity contribution is 5.85. The van der Waals surface area contributed by atoms with Crippen LogP contribution in [0, 0.1) is 0 Å². The lowest BCUT2D eigenvalue weighted by molar-refractivity contribution is -0.132. The molecule has 24 heavy (non-hydrogen) atoms.